The van der Waals surface area contributed by atoms with Gasteiger partial charge in [0.25, 0.3) is 5.91 Å². The van der Waals surface area contributed by atoms with E-state index in [0.29, 0.717) is 18.0 Å². The topological polar surface area (TPSA) is 80.1 Å². The average molecular weight is 461 g/mol. The van der Waals surface area contributed by atoms with E-state index in [2.05, 4.69) is 69.7 Å². The van der Waals surface area contributed by atoms with E-state index in [-0.39, 0.29) is 6.61 Å². The number of amides is 1. The second kappa shape index (κ2) is 11.4. The Hall–Kier alpha value is -3.71. The van der Waals surface area contributed by atoms with Crippen molar-refractivity contribution in [2.75, 3.05) is 50.1 Å². The third-order valence-corrected chi connectivity index (χ3v) is 5.95. The maximum Gasteiger partial charge on any atom is 0.255 e. The van der Waals surface area contributed by atoms with Gasteiger partial charge in [0.2, 0.25) is 0 Å². The number of nitrogens with one attached hydrogen (secondary N) is 1. The van der Waals surface area contributed by atoms with Crippen LogP contribution in [0.3, 0.4) is 0 Å². The number of ether oxygens (including phenoxy) is 2. The summed E-state index contributed by atoms with van der Waals surface area (Å²) in [6.07, 6.45) is 0. The van der Waals surface area contributed by atoms with Gasteiger partial charge in [-0.1, -0.05) is 36.4 Å². The minimum absolute atomic E-state index is 0.178. The highest BCUT2D eigenvalue weighted by Gasteiger charge is 2.17. The van der Waals surface area contributed by atoms with Crippen LogP contribution in [0.25, 0.3) is 0 Å². The van der Waals surface area contributed by atoms with E-state index in [4.69, 9.17) is 15.2 Å². The van der Waals surface area contributed by atoms with Crippen molar-refractivity contribution in [2.45, 2.75) is 13.1 Å². The molecule has 0 saturated carbocycles. The van der Waals surface area contributed by atoms with Gasteiger partial charge in [0.05, 0.1) is 7.11 Å². The van der Waals surface area contributed by atoms with E-state index in [1.807, 2.05) is 12.1 Å². The van der Waals surface area contributed by atoms with Gasteiger partial charge >= 0.3 is 0 Å². The number of hydrogen-bond donors (Lipinski definition) is 2. The first kappa shape index (κ1) is 23.4. The van der Waals surface area contributed by atoms with Crippen molar-refractivity contribution in [3.63, 3.8) is 0 Å². The van der Waals surface area contributed by atoms with E-state index >= 15 is 0 Å². The van der Waals surface area contributed by atoms with Gasteiger partial charge in [-0.25, -0.2) is 0 Å². The largest absolute Gasteiger partial charge is 0.493 e. The zero-order chi connectivity index (χ0) is 23.8. The van der Waals surface area contributed by atoms with Crippen molar-refractivity contribution >= 4 is 17.3 Å². The molecule has 3 aromatic rings. The first-order valence-corrected chi connectivity index (χ1v) is 11.5. The van der Waals surface area contributed by atoms with Crippen LogP contribution >= 0.6 is 0 Å². The number of nitrogens with zero attached hydrogens (tertiary/aromatic N) is 2. The minimum atomic E-state index is -0.523. The number of methoxy groups -OCH3 is 1. The quantitative estimate of drug-likeness (QED) is 0.482. The number of nitrogens with two attached hydrogens (primary N) is 1. The van der Waals surface area contributed by atoms with Gasteiger partial charge in [-0.2, -0.15) is 0 Å². The predicted octanol–water partition coefficient (Wildman–Crippen LogP) is 3.49. The highest BCUT2D eigenvalue weighted by molar-refractivity contribution is 5.75. The van der Waals surface area contributed by atoms with Crippen molar-refractivity contribution in [1.82, 2.24) is 4.90 Å². The zero-order valence-corrected chi connectivity index (χ0v) is 19.6. The van der Waals surface area contributed by atoms with Crippen LogP contribution in [0.15, 0.2) is 72.8 Å². The number of piperazine rings is 1. The fraction of sp³-hybridized carbons (Fsp3) is 0.296. The Morgan fingerprint density at radius 1 is 0.912 bits per heavy atom. The Balaban J connectivity index is 1.27. The summed E-state index contributed by atoms with van der Waals surface area (Å²) in [6.45, 7) is 5.67. The molecule has 0 bridgehead atoms. The predicted molar refractivity (Wildman–Crippen MR) is 135 cm³/mol. The summed E-state index contributed by atoms with van der Waals surface area (Å²) in [4.78, 5) is 15.9. The van der Waals surface area contributed by atoms with Gasteiger partial charge in [0.1, 0.15) is 0 Å². The number of hydrogen-bond acceptors (Lipinski definition) is 6. The molecule has 4 rings (SSSR count). The van der Waals surface area contributed by atoms with Crippen molar-refractivity contribution in [3.8, 4) is 11.5 Å². The SMILES string of the molecule is COc1cc(CNc2ccc(N3CCN(Cc4ccccc4)CC3)cc2)ccc1OCC(N)=O. The summed E-state index contributed by atoms with van der Waals surface area (Å²) in [5.74, 6) is 0.547. The molecule has 1 heterocycles. The molecule has 1 saturated heterocycles. The first-order valence-electron chi connectivity index (χ1n) is 11.5. The Morgan fingerprint density at radius 3 is 2.32 bits per heavy atom. The Kier molecular flexibility index (Phi) is 7.88. The normalized spacial score (nSPS) is 14.0. The van der Waals surface area contributed by atoms with Gasteiger partial charge < -0.3 is 25.4 Å². The van der Waals surface area contributed by atoms with E-state index < -0.39 is 5.91 Å². The molecular formula is C27H32N4O3. The fourth-order valence-electron chi connectivity index (χ4n) is 4.09. The third kappa shape index (κ3) is 6.42. The highest BCUT2D eigenvalue weighted by atomic mass is 16.5. The van der Waals surface area contributed by atoms with E-state index in [1.165, 1.54) is 11.3 Å². The molecule has 0 spiro atoms. The molecule has 1 aliphatic rings. The lowest BCUT2D eigenvalue weighted by molar-refractivity contribution is -0.119. The average Bonchev–Trinajstić information content (AvgIpc) is 2.88. The van der Waals surface area contributed by atoms with E-state index in [0.717, 1.165) is 44.0 Å². The number of carbonyl (C=O) groups is 1. The summed E-state index contributed by atoms with van der Waals surface area (Å²) in [7, 11) is 1.57. The Labute approximate surface area is 201 Å². The lowest BCUT2D eigenvalue weighted by atomic mass is 10.1. The summed E-state index contributed by atoms with van der Waals surface area (Å²) in [6, 6.07) is 24.9. The smallest absolute Gasteiger partial charge is 0.255 e. The number of anilines is 2. The molecule has 7 heteroatoms. The maximum atomic E-state index is 10.9. The van der Waals surface area contributed by atoms with Gasteiger partial charge in [0, 0.05) is 50.6 Å². The van der Waals surface area contributed by atoms with Crippen LogP contribution < -0.4 is 25.4 Å². The molecule has 0 radical (unpaired) electrons. The van der Waals surface area contributed by atoms with Crippen molar-refractivity contribution in [3.05, 3.63) is 83.9 Å². The molecule has 1 amide bonds. The molecule has 1 aliphatic heterocycles. The van der Waals surface area contributed by atoms with Gasteiger partial charge in [-0.05, 0) is 47.5 Å². The van der Waals surface area contributed by atoms with E-state index in [1.54, 1.807) is 13.2 Å². The molecule has 3 aromatic carbocycles. The molecule has 0 aliphatic carbocycles. The standard InChI is InChI=1S/C27H32N4O3/c1-33-26-17-22(7-12-25(26)34-20-27(28)32)18-29-23-8-10-24(11-9-23)31-15-13-30(14-16-31)19-21-5-3-2-4-6-21/h2-12,17,29H,13-16,18-20H2,1H3,(H2,28,32). The van der Waals surface area contributed by atoms with Crippen LogP contribution in [0.1, 0.15) is 11.1 Å². The zero-order valence-electron chi connectivity index (χ0n) is 19.6. The second-order valence-electron chi connectivity index (χ2n) is 8.39. The van der Waals surface area contributed by atoms with Crippen LogP contribution in [0, 0.1) is 0 Å². The summed E-state index contributed by atoms with van der Waals surface area (Å²) >= 11 is 0. The summed E-state index contributed by atoms with van der Waals surface area (Å²) < 4.78 is 10.8. The van der Waals surface area contributed by atoms with Crippen LogP contribution in [-0.2, 0) is 17.9 Å². The molecule has 0 atom stereocenters. The summed E-state index contributed by atoms with van der Waals surface area (Å²) in [5, 5.41) is 3.45. The molecule has 1 fully saturated rings. The molecule has 0 unspecified atom stereocenters. The van der Waals surface area contributed by atoms with Crippen molar-refractivity contribution in [1.29, 1.82) is 0 Å². The molecule has 3 N–H and O–H groups in total. The Bertz CT molecular complexity index is 1060. The summed E-state index contributed by atoms with van der Waals surface area (Å²) in [5.41, 5.74) is 9.87. The first-order chi connectivity index (χ1) is 16.6. The van der Waals surface area contributed by atoms with Crippen LogP contribution in [-0.4, -0.2) is 50.7 Å². The Morgan fingerprint density at radius 2 is 1.65 bits per heavy atom. The van der Waals surface area contributed by atoms with Gasteiger partial charge in [-0.15, -0.1) is 0 Å². The molecule has 7 nitrogen and oxygen atoms in total. The molecule has 178 valence electrons. The van der Waals surface area contributed by atoms with Crippen LogP contribution in [0.4, 0.5) is 11.4 Å². The lowest BCUT2D eigenvalue weighted by Crippen LogP contribution is -2.45. The fourth-order valence-corrected chi connectivity index (χ4v) is 4.09. The maximum absolute atomic E-state index is 10.9. The molecule has 0 aromatic heterocycles. The second-order valence-corrected chi connectivity index (χ2v) is 8.39. The van der Waals surface area contributed by atoms with E-state index in [9.17, 15) is 4.79 Å². The number of primary amides is 1. The highest BCUT2D eigenvalue weighted by Crippen LogP contribution is 2.28. The van der Waals surface area contributed by atoms with Crippen molar-refractivity contribution in [2.24, 2.45) is 5.73 Å². The lowest BCUT2D eigenvalue weighted by Gasteiger charge is -2.36. The minimum Gasteiger partial charge on any atom is -0.493 e. The third-order valence-electron chi connectivity index (χ3n) is 5.95. The van der Waals surface area contributed by atoms with Crippen LogP contribution in [0.2, 0.25) is 0 Å². The van der Waals surface area contributed by atoms with Gasteiger partial charge in [0.15, 0.2) is 18.1 Å². The van der Waals surface area contributed by atoms with Gasteiger partial charge in [-0.3, -0.25) is 9.69 Å². The number of rotatable bonds is 10. The monoisotopic (exact) mass is 460 g/mol. The van der Waals surface area contributed by atoms with Crippen LogP contribution in [0.5, 0.6) is 11.5 Å². The molecule has 34 heavy (non-hydrogen) atoms. The van der Waals surface area contributed by atoms with Crippen molar-refractivity contribution < 1.29 is 14.3 Å². The molecular weight excluding hydrogens is 428 g/mol. The number of carbonyl (C=O) groups excluding carboxylic acids is 1. The number of benzene rings is 3.